The van der Waals surface area contributed by atoms with Crippen LogP contribution in [0.5, 0.6) is 5.75 Å². The molecule has 9 heteroatoms. The largest absolute Gasteiger partial charge is 0.476 e. The highest BCUT2D eigenvalue weighted by Gasteiger charge is 2.35. The van der Waals surface area contributed by atoms with Gasteiger partial charge in [-0.05, 0) is 48.9 Å². The zero-order valence-electron chi connectivity index (χ0n) is 15.7. The number of benzene rings is 2. The standard InChI is InChI=1S/C19H21N3O5S/c1-12-4-9-17-16(10-12)22(28(3,25)26)11-18(27-17)19(24)21-15-7-5-14(6-8-15)20-13(2)23/h4-10,18H,11H2,1-3H3,(H,20,23)(H,21,24). The highest BCUT2D eigenvalue weighted by molar-refractivity contribution is 7.92. The van der Waals surface area contributed by atoms with E-state index in [9.17, 15) is 18.0 Å². The Labute approximate surface area is 163 Å². The maximum Gasteiger partial charge on any atom is 0.267 e. The van der Waals surface area contributed by atoms with Gasteiger partial charge in [-0.2, -0.15) is 0 Å². The van der Waals surface area contributed by atoms with E-state index in [1.807, 2.05) is 6.92 Å². The number of hydrogen-bond donors (Lipinski definition) is 2. The average Bonchev–Trinajstić information content (AvgIpc) is 2.61. The molecular formula is C19H21N3O5S. The fourth-order valence-electron chi connectivity index (χ4n) is 2.87. The van der Waals surface area contributed by atoms with Crippen LogP contribution < -0.4 is 19.7 Å². The normalized spacial score (nSPS) is 16.0. The molecule has 2 N–H and O–H groups in total. The molecule has 0 spiro atoms. The topological polar surface area (TPSA) is 105 Å². The van der Waals surface area contributed by atoms with Gasteiger partial charge in [0.2, 0.25) is 15.9 Å². The predicted molar refractivity (Wildman–Crippen MR) is 107 cm³/mol. The van der Waals surface area contributed by atoms with Crippen molar-refractivity contribution >= 4 is 38.9 Å². The van der Waals surface area contributed by atoms with E-state index in [2.05, 4.69) is 10.6 Å². The van der Waals surface area contributed by atoms with Crippen molar-refractivity contribution in [2.75, 3.05) is 27.7 Å². The second kappa shape index (κ2) is 7.51. The number of carbonyl (C=O) groups excluding carboxylic acids is 2. The molecule has 0 aliphatic carbocycles. The Bertz CT molecular complexity index is 1020. The van der Waals surface area contributed by atoms with Crippen LogP contribution in [0.15, 0.2) is 42.5 Å². The first kappa shape index (κ1) is 19.7. The summed E-state index contributed by atoms with van der Waals surface area (Å²) in [5.41, 5.74) is 2.42. The molecule has 2 aromatic carbocycles. The molecule has 2 amide bonds. The van der Waals surface area contributed by atoms with Gasteiger partial charge in [-0.1, -0.05) is 6.07 Å². The monoisotopic (exact) mass is 403 g/mol. The lowest BCUT2D eigenvalue weighted by molar-refractivity contribution is -0.122. The summed E-state index contributed by atoms with van der Waals surface area (Å²) >= 11 is 0. The molecule has 0 bridgehead atoms. The number of ether oxygens (including phenoxy) is 1. The molecule has 28 heavy (non-hydrogen) atoms. The predicted octanol–water partition coefficient (Wildman–Crippen LogP) is 2.12. The SMILES string of the molecule is CC(=O)Nc1ccc(NC(=O)C2CN(S(C)(=O)=O)c3cc(C)ccc3O2)cc1. The van der Waals surface area contributed by atoms with Crippen LogP contribution in [-0.2, 0) is 19.6 Å². The second-order valence-corrected chi connectivity index (χ2v) is 8.53. The summed E-state index contributed by atoms with van der Waals surface area (Å²) < 4.78 is 31.4. The van der Waals surface area contributed by atoms with Gasteiger partial charge < -0.3 is 15.4 Å². The Morgan fingerprint density at radius 3 is 2.25 bits per heavy atom. The minimum atomic E-state index is -3.58. The third-order valence-corrected chi connectivity index (χ3v) is 5.30. The number of carbonyl (C=O) groups is 2. The number of fused-ring (bicyclic) bond motifs is 1. The molecule has 1 aliphatic heterocycles. The molecule has 148 valence electrons. The van der Waals surface area contributed by atoms with E-state index >= 15 is 0 Å². The van der Waals surface area contributed by atoms with E-state index < -0.39 is 22.0 Å². The zero-order chi connectivity index (χ0) is 20.5. The first-order valence-corrected chi connectivity index (χ1v) is 10.4. The molecule has 0 fully saturated rings. The quantitative estimate of drug-likeness (QED) is 0.814. The van der Waals surface area contributed by atoms with Gasteiger partial charge >= 0.3 is 0 Å². The summed E-state index contributed by atoms with van der Waals surface area (Å²) in [7, 11) is -3.58. The number of rotatable bonds is 4. The third kappa shape index (κ3) is 4.42. The van der Waals surface area contributed by atoms with Crippen molar-refractivity contribution in [2.24, 2.45) is 0 Å². The van der Waals surface area contributed by atoms with Crippen molar-refractivity contribution in [1.82, 2.24) is 0 Å². The number of aryl methyl sites for hydroxylation is 1. The highest BCUT2D eigenvalue weighted by atomic mass is 32.2. The van der Waals surface area contributed by atoms with Gasteiger partial charge in [0.05, 0.1) is 18.5 Å². The van der Waals surface area contributed by atoms with Crippen LogP contribution in [0.3, 0.4) is 0 Å². The van der Waals surface area contributed by atoms with Gasteiger partial charge in [-0.3, -0.25) is 13.9 Å². The van der Waals surface area contributed by atoms with E-state index in [1.54, 1.807) is 42.5 Å². The van der Waals surface area contributed by atoms with Crippen molar-refractivity contribution in [1.29, 1.82) is 0 Å². The summed E-state index contributed by atoms with van der Waals surface area (Å²) in [5, 5.41) is 5.35. The van der Waals surface area contributed by atoms with Crippen LogP contribution in [0.4, 0.5) is 17.1 Å². The summed E-state index contributed by atoms with van der Waals surface area (Å²) in [6, 6.07) is 11.7. The van der Waals surface area contributed by atoms with E-state index in [-0.39, 0.29) is 12.5 Å². The summed E-state index contributed by atoms with van der Waals surface area (Å²) in [4.78, 5) is 23.7. The smallest absolute Gasteiger partial charge is 0.267 e. The van der Waals surface area contributed by atoms with Crippen LogP contribution in [0.2, 0.25) is 0 Å². The number of amides is 2. The Morgan fingerprint density at radius 2 is 1.68 bits per heavy atom. The Balaban J connectivity index is 1.79. The number of sulfonamides is 1. The second-order valence-electron chi connectivity index (χ2n) is 6.62. The lowest BCUT2D eigenvalue weighted by atomic mass is 10.1. The van der Waals surface area contributed by atoms with Crippen LogP contribution in [-0.4, -0.2) is 39.1 Å². The lowest BCUT2D eigenvalue weighted by Gasteiger charge is -2.34. The van der Waals surface area contributed by atoms with Gasteiger partial charge in [-0.25, -0.2) is 8.42 Å². The van der Waals surface area contributed by atoms with Crippen LogP contribution in [0, 0.1) is 6.92 Å². The van der Waals surface area contributed by atoms with Gasteiger partial charge in [0.25, 0.3) is 5.91 Å². The average molecular weight is 403 g/mol. The lowest BCUT2D eigenvalue weighted by Crippen LogP contribution is -2.48. The molecule has 2 aromatic rings. The van der Waals surface area contributed by atoms with Gasteiger partial charge in [-0.15, -0.1) is 0 Å². The van der Waals surface area contributed by atoms with Crippen molar-refractivity contribution in [3.63, 3.8) is 0 Å². The molecule has 0 radical (unpaired) electrons. The fraction of sp³-hybridized carbons (Fsp3) is 0.263. The molecule has 1 heterocycles. The van der Waals surface area contributed by atoms with E-state index in [0.29, 0.717) is 22.8 Å². The van der Waals surface area contributed by atoms with Gasteiger partial charge in [0.15, 0.2) is 6.10 Å². The first-order valence-electron chi connectivity index (χ1n) is 8.57. The molecular weight excluding hydrogens is 382 g/mol. The number of hydrogen-bond acceptors (Lipinski definition) is 5. The van der Waals surface area contributed by atoms with Crippen LogP contribution >= 0.6 is 0 Å². The minimum absolute atomic E-state index is 0.120. The molecule has 0 aromatic heterocycles. The molecule has 3 rings (SSSR count). The van der Waals surface area contributed by atoms with Gasteiger partial charge in [0.1, 0.15) is 5.75 Å². The minimum Gasteiger partial charge on any atom is -0.476 e. The Hall–Kier alpha value is -3.07. The number of anilines is 3. The van der Waals surface area contributed by atoms with Crippen molar-refractivity contribution in [3.8, 4) is 5.75 Å². The molecule has 1 aliphatic rings. The molecule has 0 saturated carbocycles. The summed E-state index contributed by atoms with van der Waals surface area (Å²) in [6.07, 6.45) is 0.0973. The van der Waals surface area contributed by atoms with E-state index in [1.165, 1.54) is 11.2 Å². The molecule has 0 saturated heterocycles. The van der Waals surface area contributed by atoms with Crippen molar-refractivity contribution < 1.29 is 22.7 Å². The first-order chi connectivity index (χ1) is 13.1. The number of nitrogens with one attached hydrogen (secondary N) is 2. The van der Waals surface area contributed by atoms with Crippen molar-refractivity contribution in [3.05, 3.63) is 48.0 Å². The Kier molecular flexibility index (Phi) is 5.28. The maximum absolute atomic E-state index is 12.7. The highest BCUT2D eigenvalue weighted by Crippen LogP contribution is 2.36. The van der Waals surface area contributed by atoms with Crippen LogP contribution in [0.25, 0.3) is 0 Å². The maximum atomic E-state index is 12.7. The number of nitrogens with zero attached hydrogens (tertiary/aromatic N) is 1. The van der Waals surface area contributed by atoms with E-state index in [4.69, 9.17) is 4.74 Å². The Morgan fingerprint density at radius 1 is 1.07 bits per heavy atom. The summed E-state index contributed by atoms with van der Waals surface area (Å²) in [6.45, 7) is 3.14. The third-order valence-electron chi connectivity index (χ3n) is 4.15. The van der Waals surface area contributed by atoms with Crippen molar-refractivity contribution in [2.45, 2.75) is 20.0 Å². The van der Waals surface area contributed by atoms with Gasteiger partial charge in [0, 0.05) is 18.3 Å². The summed E-state index contributed by atoms with van der Waals surface area (Å²) in [5.74, 6) is -0.322. The zero-order valence-corrected chi connectivity index (χ0v) is 16.5. The molecule has 1 unspecified atom stereocenters. The molecule has 8 nitrogen and oxygen atoms in total. The molecule has 1 atom stereocenters. The fourth-order valence-corrected chi connectivity index (χ4v) is 3.78. The van der Waals surface area contributed by atoms with E-state index in [0.717, 1.165) is 11.8 Å². The van der Waals surface area contributed by atoms with Crippen LogP contribution in [0.1, 0.15) is 12.5 Å².